The van der Waals surface area contributed by atoms with E-state index in [0.29, 0.717) is 0 Å². The molecule has 0 aliphatic carbocycles. The average molecular weight is 282 g/mol. The van der Waals surface area contributed by atoms with Crippen LogP contribution in [0.25, 0.3) is 0 Å². The average Bonchev–Trinajstić information content (AvgIpc) is 2.19. The summed E-state index contributed by atoms with van der Waals surface area (Å²) in [6, 6.07) is 1.77. The van der Waals surface area contributed by atoms with Crippen LogP contribution in [-0.2, 0) is 11.2 Å². The lowest BCUT2D eigenvalue weighted by Gasteiger charge is -2.10. The van der Waals surface area contributed by atoms with E-state index in [-0.39, 0.29) is 5.02 Å². The highest BCUT2D eigenvalue weighted by atomic mass is 35.5. The Morgan fingerprint density at radius 3 is 2.61 bits per heavy atom. The van der Waals surface area contributed by atoms with Gasteiger partial charge in [0.05, 0.1) is 21.9 Å². The number of ether oxygens (including phenoxy) is 1. The van der Waals surface area contributed by atoms with Gasteiger partial charge in [0.25, 0.3) is 5.69 Å². The van der Waals surface area contributed by atoms with Crippen LogP contribution in [0, 0.1) is 10.1 Å². The van der Waals surface area contributed by atoms with Crippen LogP contribution >= 0.6 is 11.6 Å². The molecular weight excluding hydrogens is 276 g/mol. The molecule has 98 valence electrons. The molecule has 0 spiro atoms. The maximum atomic E-state index is 12.1. The van der Waals surface area contributed by atoms with Gasteiger partial charge < -0.3 is 9.84 Å². The highest BCUT2D eigenvalue weighted by Crippen LogP contribution is 2.34. The minimum Gasteiger partial charge on any atom is -0.481 e. The summed E-state index contributed by atoms with van der Waals surface area (Å²) in [6.07, 6.45) is -0.824. The standard InChI is InChI=1S/C9H6ClF2NO5/c10-4-1-6(13(16)17)5(3-8(14)15)7(2-4)18-9(11)12/h1-2,9H,3H2,(H,14,15). The molecule has 0 amide bonds. The molecule has 0 unspecified atom stereocenters. The van der Waals surface area contributed by atoms with Gasteiger partial charge in [-0.25, -0.2) is 0 Å². The van der Waals surface area contributed by atoms with Gasteiger partial charge in [0.2, 0.25) is 0 Å². The van der Waals surface area contributed by atoms with Crippen molar-refractivity contribution in [1.29, 1.82) is 0 Å². The Hall–Kier alpha value is -1.96. The van der Waals surface area contributed by atoms with Gasteiger partial charge in [-0.3, -0.25) is 14.9 Å². The van der Waals surface area contributed by atoms with Crippen LogP contribution in [0.3, 0.4) is 0 Å². The molecule has 0 bridgehead atoms. The molecule has 1 aromatic rings. The van der Waals surface area contributed by atoms with E-state index in [0.717, 1.165) is 12.1 Å². The second-order valence-electron chi connectivity index (χ2n) is 3.11. The first-order chi connectivity index (χ1) is 8.31. The number of hydrogen-bond donors (Lipinski definition) is 1. The third-order valence-corrected chi connectivity index (χ3v) is 2.11. The van der Waals surface area contributed by atoms with Gasteiger partial charge in [0, 0.05) is 6.07 Å². The van der Waals surface area contributed by atoms with Crippen LogP contribution in [0.2, 0.25) is 5.02 Å². The summed E-state index contributed by atoms with van der Waals surface area (Å²) in [5.41, 5.74) is -1.14. The molecule has 6 nitrogen and oxygen atoms in total. The van der Waals surface area contributed by atoms with Crippen LogP contribution in [0.4, 0.5) is 14.5 Å². The van der Waals surface area contributed by atoms with Gasteiger partial charge >= 0.3 is 12.6 Å². The summed E-state index contributed by atoms with van der Waals surface area (Å²) in [5, 5.41) is 19.1. The Balaban J connectivity index is 3.36. The molecule has 0 fully saturated rings. The Labute approximate surface area is 104 Å². The van der Waals surface area contributed by atoms with Gasteiger partial charge in [-0.2, -0.15) is 8.78 Å². The highest BCUT2D eigenvalue weighted by molar-refractivity contribution is 6.31. The molecule has 9 heteroatoms. The van der Waals surface area contributed by atoms with Crippen molar-refractivity contribution in [3.05, 3.63) is 32.8 Å². The number of alkyl halides is 2. The fourth-order valence-corrected chi connectivity index (χ4v) is 1.49. The van der Waals surface area contributed by atoms with Gasteiger partial charge in [0.1, 0.15) is 5.75 Å². The predicted octanol–water partition coefficient (Wildman–Crippen LogP) is 2.48. The Morgan fingerprint density at radius 1 is 1.56 bits per heavy atom. The number of carboxylic acid groups (broad SMARTS) is 1. The van der Waals surface area contributed by atoms with E-state index in [1.807, 2.05) is 0 Å². The maximum absolute atomic E-state index is 12.1. The summed E-state index contributed by atoms with van der Waals surface area (Å²) in [5.74, 6) is -2.04. The summed E-state index contributed by atoms with van der Waals surface area (Å²) < 4.78 is 28.3. The number of benzene rings is 1. The molecule has 1 N–H and O–H groups in total. The third kappa shape index (κ3) is 3.52. The minimum atomic E-state index is -3.24. The zero-order valence-electron chi connectivity index (χ0n) is 8.60. The largest absolute Gasteiger partial charge is 0.481 e. The quantitative estimate of drug-likeness (QED) is 0.661. The second kappa shape index (κ2) is 5.58. The molecule has 1 rings (SSSR count). The summed E-state index contributed by atoms with van der Waals surface area (Å²) in [4.78, 5) is 20.4. The molecule has 0 heterocycles. The number of carbonyl (C=O) groups is 1. The van der Waals surface area contributed by atoms with Crippen molar-refractivity contribution >= 4 is 23.3 Å². The number of aliphatic carboxylic acids is 1. The highest BCUT2D eigenvalue weighted by Gasteiger charge is 2.24. The van der Waals surface area contributed by atoms with Crippen molar-refractivity contribution < 1.29 is 28.3 Å². The molecule has 0 radical (unpaired) electrons. The molecule has 0 aromatic heterocycles. The molecule has 18 heavy (non-hydrogen) atoms. The molecule has 0 aliphatic rings. The fourth-order valence-electron chi connectivity index (χ4n) is 1.29. The van der Waals surface area contributed by atoms with E-state index in [2.05, 4.69) is 4.74 Å². The molecule has 0 saturated heterocycles. The van der Waals surface area contributed by atoms with Crippen molar-refractivity contribution in [2.24, 2.45) is 0 Å². The van der Waals surface area contributed by atoms with Crippen molar-refractivity contribution in [3.8, 4) is 5.75 Å². The van der Waals surface area contributed by atoms with Gasteiger partial charge in [-0.05, 0) is 6.07 Å². The summed E-state index contributed by atoms with van der Waals surface area (Å²) in [7, 11) is 0. The first-order valence-corrected chi connectivity index (χ1v) is 4.82. The lowest BCUT2D eigenvalue weighted by atomic mass is 10.1. The van der Waals surface area contributed by atoms with Crippen LogP contribution in [-0.4, -0.2) is 22.6 Å². The summed E-state index contributed by atoms with van der Waals surface area (Å²) >= 11 is 5.51. The zero-order chi connectivity index (χ0) is 13.9. The van der Waals surface area contributed by atoms with Gasteiger partial charge in [-0.1, -0.05) is 11.6 Å². The van der Waals surface area contributed by atoms with Gasteiger partial charge in [-0.15, -0.1) is 0 Å². The molecule has 0 atom stereocenters. The van der Waals surface area contributed by atoms with Crippen LogP contribution in [0.1, 0.15) is 5.56 Å². The van der Waals surface area contributed by atoms with Crippen molar-refractivity contribution in [2.75, 3.05) is 0 Å². The number of nitrogens with zero attached hydrogens (tertiary/aromatic N) is 1. The van der Waals surface area contributed by atoms with E-state index in [1.165, 1.54) is 0 Å². The number of halogens is 3. The number of rotatable bonds is 5. The van der Waals surface area contributed by atoms with E-state index in [9.17, 15) is 23.7 Å². The number of nitro groups is 1. The number of carboxylic acids is 1. The van der Waals surface area contributed by atoms with E-state index >= 15 is 0 Å². The fraction of sp³-hybridized carbons (Fsp3) is 0.222. The van der Waals surface area contributed by atoms with Crippen molar-refractivity contribution in [2.45, 2.75) is 13.0 Å². The molecular formula is C9H6ClF2NO5. The lowest BCUT2D eigenvalue weighted by Crippen LogP contribution is -2.10. The smallest absolute Gasteiger partial charge is 0.387 e. The molecule has 1 aromatic carbocycles. The number of nitro benzene ring substituents is 1. The zero-order valence-corrected chi connectivity index (χ0v) is 9.36. The van der Waals surface area contributed by atoms with Crippen LogP contribution in [0.15, 0.2) is 12.1 Å². The van der Waals surface area contributed by atoms with Crippen LogP contribution in [0.5, 0.6) is 5.75 Å². The normalized spacial score (nSPS) is 10.4. The monoisotopic (exact) mass is 281 g/mol. The summed E-state index contributed by atoms with van der Waals surface area (Å²) in [6.45, 7) is -3.24. The third-order valence-electron chi connectivity index (χ3n) is 1.89. The van der Waals surface area contributed by atoms with Crippen molar-refractivity contribution in [3.63, 3.8) is 0 Å². The SMILES string of the molecule is O=C(O)Cc1c(OC(F)F)cc(Cl)cc1[N+](=O)[O-]. The Kier molecular flexibility index (Phi) is 4.38. The maximum Gasteiger partial charge on any atom is 0.387 e. The first kappa shape index (κ1) is 14.1. The van der Waals surface area contributed by atoms with Crippen LogP contribution < -0.4 is 4.74 Å². The predicted molar refractivity (Wildman–Crippen MR) is 56.1 cm³/mol. The Morgan fingerprint density at radius 2 is 2.17 bits per heavy atom. The topological polar surface area (TPSA) is 89.7 Å². The van der Waals surface area contributed by atoms with E-state index < -0.39 is 40.9 Å². The van der Waals surface area contributed by atoms with Crippen molar-refractivity contribution in [1.82, 2.24) is 0 Å². The minimum absolute atomic E-state index is 0.202. The first-order valence-electron chi connectivity index (χ1n) is 4.44. The lowest BCUT2D eigenvalue weighted by molar-refractivity contribution is -0.385. The molecule has 0 saturated carbocycles. The van der Waals surface area contributed by atoms with E-state index in [1.54, 1.807) is 0 Å². The number of hydrogen-bond acceptors (Lipinski definition) is 4. The van der Waals surface area contributed by atoms with E-state index in [4.69, 9.17) is 16.7 Å². The molecule has 0 aliphatic heterocycles. The Bertz CT molecular complexity index is 494. The van der Waals surface area contributed by atoms with Gasteiger partial charge in [0.15, 0.2) is 0 Å². The second-order valence-corrected chi connectivity index (χ2v) is 3.54.